The summed E-state index contributed by atoms with van der Waals surface area (Å²) in [7, 11) is 1.98. The summed E-state index contributed by atoms with van der Waals surface area (Å²) in [4.78, 5) is 0. The zero-order valence-electron chi connectivity index (χ0n) is 9.33. The van der Waals surface area contributed by atoms with Crippen molar-refractivity contribution in [3.05, 3.63) is 29.8 Å². The van der Waals surface area contributed by atoms with E-state index in [1.165, 1.54) is 24.1 Å². The largest absolute Gasteiger partial charge is 0.388 e. The zero-order chi connectivity index (χ0) is 10.5. The van der Waals surface area contributed by atoms with E-state index < -0.39 is 0 Å². The summed E-state index contributed by atoms with van der Waals surface area (Å²) in [6.45, 7) is 0.957. The van der Waals surface area contributed by atoms with Crippen LogP contribution in [-0.2, 0) is 11.2 Å². The van der Waals surface area contributed by atoms with Gasteiger partial charge in [0, 0.05) is 19.3 Å². The van der Waals surface area contributed by atoms with Gasteiger partial charge in [-0.25, -0.2) is 0 Å². The molecule has 1 aliphatic rings. The molecule has 2 rings (SSSR count). The van der Waals surface area contributed by atoms with Gasteiger partial charge in [0.15, 0.2) is 0 Å². The zero-order valence-corrected chi connectivity index (χ0v) is 9.33. The molecule has 0 spiro atoms. The maximum absolute atomic E-state index is 5.63. The second-order valence-corrected chi connectivity index (χ2v) is 4.08. The van der Waals surface area contributed by atoms with E-state index >= 15 is 0 Å². The lowest BCUT2D eigenvalue weighted by atomic mass is 10.0. The molecule has 15 heavy (non-hydrogen) atoms. The predicted molar refractivity (Wildman–Crippen MR) is 63.3 cm³/mol. The number of benzene rings is 1. The van der Waals surface area contributed by atoms with Crippen molar-refractivity contribution in [2.24, 2.45) is 0 Å². The SMILES string of the molecule is CNc1ccccc1CCC1CCCO1. The van der Waals surface area contributed by atoms with Crippen molar-refractivity contribution in [1.29, 1.82) is 0 Å². The van der Waals surface area contributed by atoms with Crippen molar-refractivity contribution in [1.82, 2.24) is 0 Å². The van der Waals surface area contributed by atoms with Gasteiger partial charge in [-0.3, -0.25) is 0 Å². The smallest absolute Gasteiger partial charge is 0.0579 e. The molecule has 0 bridgehead atoms. The van der Waals surface area contributed by atoms with Crippen molar-refractivity contribution < 1.29 is 4.74 Å². The minimum absolute atomic E-state index is 0.495. The highest BCUT2D eigenvalue weighted by Gasteiger charge is 2.15. The maximum Gasteiger partial charge on any atom is 0.0579 e. The third-order valence-electron chi connectivity index (χ3n) is 3.05. The Bertz CT molecular complexity index is 305. The Morgan fingerprint density at radius 2 is 2.27 bits per heavy atom. The van der Waals surface area contributed by atoms with E-state index in [4.69, 9.17) is 4.74 Å². The van der Waals surface area contributed by atoms with Crippen LogP contribution in [0.5, 0.6) is 0 Å². The second kappa shape index (κ2) is 5.17. The summed E-state index contributed by atoms with van der Waals surface area (Å²) in [6.07, 6.45) is 5.23. The molecule has 1 heterocycles. The predicted octanol–water partition coefficient (Wildman–Crippen LogP) is 2.84. The average molecular weight is 205 g/mol. The lowest BCUT2D eigenvalue weighted by Crippen LogP contribution is -2.07. The van der Waals surface area contributed by atoms with Crippen LogP contribution in [0.3, 0.4) is 0 Å². The van der Waals surface area contributed by atoms with Crippen LogP contribution in [-0.4, -0.2) is 19.8 Å². The van der Waals surface area contributed by atoms with Crippen molar-refractivity contribution in [2.75, 3.05) is 19.0 Å². The number of hydrogen-bond acceptors (Lipinski definition) is 2. The first-order valence-electron chi connectivity index (χ1n) is 5.77. The third kappa shape index (κ3) is 2.72. The van der Waals surface area contributed by atoms with Crippen molar-refractivity contribution in [3.8, 4) is 0 Å². The molecule has 0 radical (unpaired) electrons. The molecule has 1 fully saturated rings. The molecule has 2 heteroatoms. The first-order chi connectivity index (χ1) is 7.40. The highest BCUT2D eigenvalue weighted by molar-refractivity contribution is 5.50. The van der Waals surface area contributed by atoms with Crippen LogP contribution in [0.25, 0.3) is 0 Å². The van der Waals surface area contributed by atoms with Crippen LogP contribution >= 0.6 is 0 Å². The molecule has 1 aromatic rings. The van der Waals surface area contributed by atoms with Gasteiger partial charge in [-0.15, -0.1) is 0 Å². The molecule has 2 nitrogen and oxygen atoms in total. The van der Waals surface area contributed by atoms with E-state index in [1.807, 2.05) is 7.05 Å². The minimum Gasteiger partial charge on any atom is -0.388 e. The molecular weight excluding hydrogens is 186 g/mol. The number of rotatable bonds is 4. The number of para-hydroxylation sites is 1. The third-order valence-corrected chi connectivity index (χ3v) is 3.05. The molecule has 1 aliphatic heterocycles. The molecule has 1 saturated heterocycles. The molecule has 0 aliphatic carbocycles. The normalized spacial score (nSPS) is 20.5. The van der Waals surface area contributed by atoms with Gasteiger partial charge in [0.2, 0.25) is 0 Å². The Morgan fingerprint density at radius 1 is 1.40 bits per heavy atom. The van der Waals surface area contributed by atoms with E-state index in [1.54, 1.807) is 0 Å². The van der Waals surface area contributed by atoms with Gasteiger partial charge in [0.05, 0.1) is 6.10 Å². The topological polar surface area (TPSA) is 21.3 Å². The van der Waals surface area contributed by atoms with Gasteiger partial charge >= 0.3 is 0 Å². The van der Waals surface area contributed by atoms with E-state index in [0.29, 0.717) is 6.10 Å². The summed E-state index contributed by atoms with van der Waals surface area (Å²) in [5, 5.41) is 3.23. The molecular formula is C13H19NO. The Labute approximate surface area is 91.6 Å². The van der Waals surface area contributed by atoms with Gasteiger partial charge in [0.25, 0.3) is 0 Å². The summed E-state index contributed by atoms with van der Waals surface area (Å²) in [5.74, 6) is 0. The number of anilines is 1. The highest BCUT2D eigenvalue weighted by Crippen LogP contribution is 2.21. The van der Waals surface area contributed by atoms with E-state index in [-0.39, 0.29) is 0 Å². The Morgan fingerprint density at radius 3 is 3.00 bits per heavy atom. The molecule has 0 amide bonds. The monoisotopic (exact) mass is 205 g/mol. The minimum atomic E-state index is 0.495. The standard InChI is InChI=1S/C13H19NO/c1-14-13-7-3-2-5-11(13)8-9-12-6-4-10-15-12/h2-3,5,7,12,14H,4,6,8-10H2,1H3. The molecule has 82 valence electrons. The Kier molecular flexibility index (Phi) is 3.62. The van der Waals surface area contributed by atoms with Crippen LogP contribution in [0.4, 0.5) is 5.69 Å². The van der Waals surface area contributed by atoms with Crippen molar-refractivity contribution in [3.63, 3.8) is 0 Å². The first kappa shape index (κ1) is 10.5. The number of aryl methyl sites for hydroxylation is 1. The molecule has 1 N–H and O–H groups in total. The number of hydrogen-bond donors (Lipinski definition) is 1. The van der Waals surface area contributed by atoms with E-state index in [2.05, 4.69) is 29.6 Å². The van der Waals surface area contributed by atoms with Crippen LogP contribution in [0, 0.1) is 0 Å². The fraction of sp³-hybridized carbons (Fsp3) is 0.538. The molecule has 0 aromatic heterocycles. The van der Waals surface area contributed by atoms with Gasteiger partial charge < -0.3 is 10.1 Å². The van der Waals surface area contributed by atoms with Gasteiger partial charge in [-0.05, 0) is 37.3 Å². The summed E-state index contributed by atoms with van der Waals surface area (Å²) < 4.78 is 5.63. The first-order valence-corrected chi connectivity index (χ1v) is 5.77. The van der Waals surface area contributed by atoms with Crippen LogP contribution in [0.2, 0.25) is 0 Å². The summed E-state index contributed by atoms with van der Waals surface area (Å²) >= 11 is 0. The molecule has 0 saturated carbocycles. The molecule has 1 aromatic carbocycles. The van der Waals surface area contributed by atoms with Gasteiger partial charge in [-0.2, -0.15) is 0 Å². The highest BCUT2D eigenvalue weighted by atomic mass is 16.5. The summed E-state index contributed by atoms with van der Waals surface area (Å²) in [5.41, 5.74) is 2.64. The van der Waals surface area contributed by atoms with E-state index in [9.17, 15) is 0 Å². The summed E-state index contributed by atoms with van der Waals surface area (Å²) in [6, 6.07) is 8.50. The van der Waals surface area contributed by atoms with Crippen LogP contribution in [0.1, 0.15) is 24.8 Å². The Balaban J connectivity index is 1.91. The van der Waals surface area contributed by atoms with E-state index in [0.717, 1.165) is 19.4 Å². The average Bonchev–Trinajstić information content (AvgIpc) is 2.79. The number of nitrogens with one attached hydrogen (secondary N) is 1. The van der Waals surface area contributed by atoms with Gasteiger partial charge in [-0.1, -0.05) is 18.2 Å². The number of ether oxygens (including phenoxy) is 1. The maximum atomic E-state index is 5.63. The Hall–Kier alpha value is -1.02. The van der Waals surface area contributed by atoms with Crippen molar-refractivity contribution in [2.45, 2.75) is 31.8 Å². The fourth-order valence-corrected chi connectivity index (χ4v) is 2.17. The van der Waals surface area contributed by atoms with Crippen LogP contribution in [0.15, 0.2) is 24.3 Å². The quantitative estimate of drug-likeness (QED) is 0.816. The van der Waals surface area contributed by atoms with Gasteiger partial charge in [0.1, 0.15) is 0 Å². The second-order valence-electron chi connectivity index (χ2n) is 4.08. The fourth-order valence-electron chi connectivity index (χ4n) is 2.17. The van der Waals surface area contributed by atoms with Crippen LogP contribution < -0.4 is 5.32 Å². The lowest BCUT2D eigenvalue weighted by molar-refractivity contribution is 0.104. The van der Waals surface area contributed by atoms with Crippen molar-refractivity contribution >= 4 is 5.69 Å². The molecule has 1 atom stereocenters. The molecule has 1 unspecified atom stereocenters. The lowest BCUT2D eigenvalue weighted by Gasteiger charge is -2.11.